The molecule has 1 aromatic heterocycles. The Hall–Kier alpha value is -3.53. The highest BCUT2D eigenvalue weighted by Gasteiger charge is 2.46. The smallest absolute Gasteiger partial charge is 0.256 e. The van der Waals surface area contributed by atoms with Gasteiger partial charge in [-0.05, 0) is 71.1 Å². The van der Waals surface area contributed by atoms with Crippen LogP contribution in [0, 0.1) is 11.7 Å². The van der Waals surface area contributed by atoms with Crippen LogP contribution in [0.2, 0.25) is 0 Å². The van der Waals surface area contributed by atoms with Gasteiger partial charge in [0.05, 0.1) is 23.5 Å². The monoisotopic (exact) mass is 575 g/mol. The lowest BCUT2D eigenvalue weighted by molar-refractivity contribution is -0.134. The highest BCUT2D eigenvalue weighted by molar-refractivity contribution is 6.01. The van der Waals surface area contributed by atoms with E-state index >= 15 is 0 Å². The van der Waals surface area contributed by atoms with Crippen LogP contribution in [0.15, 0.2) is 42.9 Å². The van der Waals surface area contributed by atoms with E-state index in [0.717, 1.165) is 50.2 Å². The fourth-order valence-corrected chi connectivity index (χ4v) is 7.52. The first kappa shape index (κ1) is 28.6. The van der Waals surface area contributed by atoms with Crippen molar-refractivity contribution in [1.29, 1.82) is 0 Å². The van der Waals surface area contributed by atoms with Crippen LogP contribution >= 0.6 is 0 Å². The Morgan fingerprint density at radius 3 is 2.74 bits per heavy atom. The number of hydrogen-bond acceptors (Lipinski definition) is 7. The van der Waals surface area contributed by atoms with Crippen LogP contribution in [0.1, 0.15) is 63.2 Å². The van der Waals surface area contributed by atoms with Crippen molar-refractivity contribution < 1.29 is 14.0 Å². The molecule has 10 heteroatoms. The molecule has 3 aliphatic heterocycles. The number of nitrogens with one attached hydrogen (secondary N) is 1. The second kappa shape index (κ2) is 11.6. The van der Waals surface area contributed by atoms with Gasteiger partial charge in [-0.2, -0.15) is 0 Å². The number of anilines is 3. The molecule has 6 rings (SSSR count). The Morgan fingerprint density at radius 2 is 2.00 bits per heavy atom. The molecule has 1 saturated carbocycles. The highest BCUT2D eigenvalue weighted by atomic mass is 19.1. The van der Waals surface area contributed by atoms with Gasteiger partial charge in [-0.15, -0.1) is 0 Å². The summed E-state index contributed by atoms with van der Waals surface area (Å²) in [6.07, 6.45) is 8.11. The molecule has 0 spiro atoms. The molecular formula is C32H42FN7O2. The molecule has 0 radical (unpaired) electrons. The summed E-state index contributed by atoms with van der Waals surface area (Å²) in [6.45, 7) is 13.4. The van der Waals surface area contributed by atoms with Crippen molar-refractivity contribution >= 4 is 29.0 Å². The van der Waals surface area contributed by atoms with Crippen LogP contribution < -0.4 is 15.1 Å². The van der Waals surface area contributed by atoms with E-state index in [9.17, 15) is 14.0 Å². The Kier molecular flexibility index (Phi) is 7.91. The minimum Gasteiger partial charge on any atom is -0.350 e. The average molecular weight is 576 g/mol. The number of halogens is 1. The molecule has 3 fully saturated rings. The molecule has 4 atom stereocenters. The normalized spacial score (nSPS) is 25.5. The zero-order chi connectivity index (χ0) is 29.5. The average Bonchev–Trinajstić information content (AvgIpc) is 3.47. The summed E-state index contributed by atoms with van der Waals surface area (Å²) in [7, 11) is 0. The van der Waals surface area contributed by atoms with Crippen LogP contribution in [0.5, 0.6) is 0 Å². The van der Waals surface area contributed by atoms with Crippen molar-refractivity contribution in [2.24, 2.45) is 5.92 Å². The van der Waals surface area contributed by atoms with Crippen LogP contribution in [0.4, 0.5) is 21.6 Å². The quantitative estimate of drug-likeness (QED) is 0.519. The Balaban J connectivity index is 1.22. The number of hydrogen-bond donors (Lipinski definition) is 1. The van der Waals surface area contributed by atoms with Crippen molar-refractivity contribution in [3.63, 3.8) is 0 Å². The van der Waals surface area contributed by atoms with Crippen molar-refractivity contribution in [2.45, 2.75) is 77.0 Å². The van der Waals surface area contributed by atoms with Crippen LogP contribution in [-0.2, 0) is 4.79 Å². The minimum atomic E-state index is -0.437. The maximum Gasteiger partial charge on any atom is 0.256 e. The van der Waals surface area contributed by atoms with Gasteiger partial charge in [0.25, 0.3) is 5.91 Å². The fraction of sp³-hybridized carbons (Fsp3) is 0.562. The van der Waals surface area contributed by atoms with Crippen molar-refractivity contribution in [3.05, 3.63) is 54.3 Å². The molecule has 1 aliphatic carbocycles. The number of piperidine rings is 1. The van der Waals surface area contributed by atoms with Gasteiger partial charge in [-0.25, -0.2) is 14.4 Å². The molecule has 2 unspecified atom stereocenters. The first-order chi connectivity index (χ1) is 20.3. The van der Waals surface area contributed by atoms with Crippen LogP contribution in [-0.4, -0.2) is 88.5 Å². The largest absolute Gasteiger partial charge is 0.350 e. The van der Waals surface area contributed by atoms with E-state index < -0.39 is 5.82 Å². The van der Waals surface area contributed by atoms with E-state index in [4.69, 9.17) is 4.98 Å². The summed E-state index contributed by atoms with van der Waals surface area (Å²) in [5.74, 6) is 0.669. The molecule has 2 amide bonds. The van der Waals surface area contributed by atoms with E-state index in [0.29, 0.717) is 43.5 Å². The topological polar surface area (TPSA) is 84.9 Å². The molecular weight excluding hydrogens is 533 g/mol. The summed E-state index contributed by atoms with van der Waals surface area (Å²) in [5, 5.41) is 3.54. The van der Waals surface area contributed by atoms with Gasteiger partial charge in [0.2, 0.25) is 5.91 Å². The van der Waals surface area contributed by atoms with E-state index in [2.05, 4.69) is 21.8 Å². The van der Waals surface area contributed by atoms with Gasteiger partial charge in [-0.3, -0.25) is 9.59 Å². The summed E-state index contributed by atoms with van der Waals surface area (Å²) in [5.41, 5.74) is 3.03. The zero-order valence-electron chi connectivity index (χ0n) is 24.9. The van der Waals surface area contributed by atoms with Crippen molar-refractivity contribution in [2.75, 3.05) is 42.5 Å². The van der Waals surface area contributed by atoms with Crippen LogP contribution in [0.25, 0.3) is 0 Å². The van der Waals surface area contributed by atoms with Crippen molar-refractivity contribution in [1.82, 2.24) is 25.1 Å². The zero-order valence-corrected chi connectivity index (χ0v) is 24.9. The third-order valence-corrected chi connectivity index (χ3v) is 9.61. The molecule has 4 aliphatic rings. The fourth-order valence-electron chi connectivity index (χ4n) is 7.52. The Bertz CT molecular complexity index is 1370. The third-order valence-electron chi connectivity index (χ3n) is 9.61. The molecule has 2 saturated heterocycles. The number of rotatable bonds is 6. The number of amides is 2. The molecule has 224 valence electrons. The lowest BCUT2D eigenvalue weighted by Gasteiger charge is -2.42. The van der Waals surface area contributed by atoms with Gasteiger partial charge in [0.15, 0.2) is 5.82 Å². The predicted molar refractivity (Wildman–Crippen MR) is 161 cm³/mol. The van der Waals surface area contributed by atoms with Gasteiger partial charge in [0.1, 0.15) is 17.8 Å². The second-order valence-electron chi connectivity index (χ2n) is 12.4. The first-order valence-electron chi connectivity index (χ1n) is 15.4. The molecule has 9 nitrogen and oxygen atoms in total. The lowest BCUT2D eigenvalue weighted by Crippen LogP contribution is -2.50. The van der Waals surface area contributed by atoms with Crippen LogP contribution in [0.3, 0.4) is 0 Å². The van der Waals surface area contributed by atoms with Gasteiger partial charge < -0.3 is 24.9 Å². The summed E-state index contributed by atoms with van der Waals surface area (Å²) < 4.78 is 14.5. The Labute approximate surface area is 247 Å². The third kappa shape index (κ3) is 5.14. The maximum absolute atomic E-state index is 14.5. The first-order valence-corrected chi connectivity index (χ1v) is 15.4. The number of likely N-dealkylation sites (tertiary alicyclic amines) is 1. The standard InChI is InChI=1S/C32H42FN7O2/c1-5-38(20(2)3)31(41)26-16-22(33)8-9-27(26)40-14-13-39(30-28(40)18-34-19-35-30)24-7-6-11-37(12-10-24)32(42)29-25-17-23(36-29)15-21(25)4/h8-9,16,18-20,23-25,29,36H,4-7,10-15,17H2,1-3H3/t23?,24?,25-,29+/m1/s1. The molecule has 1 N–H and O–H groups in total. The van der Waals surface area contributed by atoms with Crippen molar-refractivity contribution in [3.8, 4) is 0 Å². The Morgan fingerprint density at radius 1 is 1.17 bits per heavy atom. The molecule has 4 heterocycles. The molecule has 42 heavy (non-hydrogen) atoms. The van der Waals surface area contributed by atoms with E-state index in [1.165, 1.54) is 17.7 Å². The number of fused-ring (bicyclic) bond motifs is 3. The number of carbonyl (C=O) groups is 2. The van der Waals surface area contributed by atoms with E-state index in [1.807, 2.05) is 30.6 Å². The van der Waals surface area contributed by atoms with Gasteiger partial charge >= 0.3 is 0 Å². The predicted octanol–water partition coefficient (Wildman–Crippen LogP) is 4.13. The van der Waals surface area contributed by atoms with Gasteiger partial charge in [0, 0.05) is 56.8 Å². The summed E-state index contributed by atoms with van der Waals surface area (Å²) in [4.78, 5) is 44.3. The van der Waals surface area contributed by atoms with Gasteiger partial charge in [-0.1, -0.05) is 12.2 Å². The number of carbonyl (C=O) groups excluding carboxylic acids is 2. The number of nitrogens with zero attached hydrogens (tertiary/aromatic N) is 6. The molecule has 2 bridgehead atoms. The maximum atomic E-state index is 14.5. The summed E-state index contributed by atoms with van der Waals surface area (Å²) in [6, 6.07) is 4.93. The number of benzene rings is 1. The molecule has 1 aromatic carbocycles. The summed E-state index contributed by atoms with van der Waals surface area (Å²) >= 11 is 0. The highest BCUT2D eigenvalue weighted by Crippen LogP contribution is 2.41. The lowest BCUT2D eigenvalue weighted by atomic mass is 9.94. The second-order valence-corrected chi connectivity index (χ2v) is 12.4. The van der Waals surface area contributed by atoms with E-state index in [-0.39, 0.29) is 35.9 Å². The molecule has 2 aromatic rings. The minimum absolute atomic E-state index is 0.00816. The van der Waals surface area contributed by atoms with E-state index in [1.54, 1.807) is 23.5 Å². The number of aromatic nitrogens is 2. The SMILES string of the molecule is C=C1CC2C[C@H]1[C@@H](C(=O)N1CCCC(N3CCN(c4ccc(F)cc4C(=O)N(CC)C(C)C)c4cncnc43)CC1)N2.